The Kier molecular flexibility index (Phi) is 4.84. The molecule has 2 aromatic heterocycles. The van der Waals surface area contributed by atoms with Crippen LogP contribution in [-0.2, 0) is 11.8 Å². The molecule has 138 valence electrons. The first-order valence-corrected chi connectivity index (χ1v) is 8.12. The molecule has 0 atom stereocenters. The number of anilines is 1. The van der Waals surface area contributed by atoms with E-state index in [9.17, 15) is 14.9 Å². The van der Waals surface area contributed by atoms with Gasteiger partial charge in [0.25, 0.3) is 5.91 Å². The van der Waals surface area contributed by atoms with E-state index in [2.05, 4.69) is 15.5 Å². The number of hydrogen-bond acceptors (Lipinski definition) is 5. The number of rotatable bonds is 5. The number of nitrogens with zero attached hydrogens (tertiary/aromatic N) is 5. The van der Waals surface area contributed by atoms with Crippen molar-refractivity contribution in [1.29, 1.82) is 0 Å². The predicted molar refractivity (Wildman–Crippen MR) is 101 cm³/mol. The van der Waals surface area contributed by atoms with Crippen LogP contribution < -0.4 is 5.32 Å². The lowest BCUT2D eigenvalue weighted by Gasteiger charge is -2.11. The van der Waals surface area contributed by atoms with Gasteiger partial charge >= 0.3 is 5.69 Å². The van der Waals surface area contributed by atoms with Crippen LogP contribution in [0.2, 0.25) is 0 Å². The number of carbonyl (C=O) groups is 1. The van der Waals surface area contributed by atoms with E-state index in [-0.39, 0.29) is 11.4 Å². The topological polar surface area (TPSA) is 108 Å². The van der Waals surface area contributed by atoms with E-state index in [1.807, 2.05) is 32.0 Å². The Hall–Kier alpha value is -3.75. The summed E-state index contributed by atoms with van der Waals surface area (Å²) in [7, 11) is 1.76. The monoisotopic (exact) mass is 366 g/mol. The molecule has 3 rings (SSSR count). The number of hydrogen-bond donors (Lipinski definition) is 1. The van der Waals surface area contributed by atoms with Crippen molar-refractivity contribution in [2.24, 2.45) is 7.05 Å². The molecule has 0 bridgehead atoms. The summed E-state index contributed by atoms with van der Waals surface area (Å²) in [6.45, 7) is 3.86. The summed E-state index contributed by atoms with van der Waals surface area (Å²) in [5, 5.41) is 21.8. The summed E-state index contributed by atoms with van der Waals surface area (Å²) >= 11 is 0. The van der Waals surface area contributed by atoms with Crippen molar-refractivity contribution >= 4 is 29.1 Å². The van der Waals surface area contributed by atoms with Gasteiger partial charge in [0.1, 0.15) is 18.1 Å². The fourth-order valence-corrected chi connectivity index (χ4v) is 2.59. The molecule has 0 unspecified atom stereocenters. The van der Waals surface area contributed by atoms with Crippen LogP contribution in [0.5, 0.6) is 0 Å². The zero-order valence-electron chi connectivity index (χ0n) is 15.1. The summed E-state index contributed by atoms with van der Waals surface area (Å²) in [5.41, 5.74) is 3.25. The zero-order chi connectivity index (χ0) is 19.6. The van der Waals surface area contributed by atoms with Crippen LogP contribution in [0.4, 0.5) is 11.4 Å². The quantitative estimate of drug-likeness (QED) is 0.424. The van der Waals surface area contributed by atoms with Crippen LogP contribution in [0, 0.1) is 24.0 Å². The van der Waals surface area contributed by atoms with Crippen LogP contribution in [0.3, 0.4) is 0 Å². The van der Waals surface area contributed by atoms with E-state index in [1.165, 1.54) is 10.9 Å². The molecule has 1 N–H and O–H groups in total. The van der Waals surface area contributed by atoms with E-state index in [1.54, 1.807) is 30.2 Å². The van der Waals surface area contributed by atoms with Crippen LogP contribution in [0.1, 0.15) is 16.7 Å². The molecular formula is C18H18N6O3. The Bertz CT molecular complexity index is 1050. The molecular weight excluding hydrogens is 348 g/mol. The maximum atomic E-state index is 12.9. The molecule has 2 heterocycles. The molecule has 0 saturated heterocycles. The first kappa shape index (κ1) is 18.1. The molecule has 0 aliphatic carbocycles. The second-order valence-corrected chi connectivity index (χ2v) is 6.15. The molecule has 0 aliphatic heterocycles. The third kappa shape index (κ3) is 4.09. The first-order valence-electron chi connectivity index (χ1n) is 8.12. The lowest BCUT2D eigenvalue weighted by atomic mass is 10.1. The standard InChI is InChI=1S/C18H18N6O3/c1-12-4-5-16(13(2)6-12)21-18(25)17(7-14-8-19-22(3)10-14)23-11-15(9-20-23)24(26)27/h4-11H,1-3H3,(H,21,25)/b17-7-. The van der Waals surface area contributed by atoms with Crippen LogP contribution in [-0.4, -0.2) is 30.4 Å². The fourth-order valence-electron chi connectivity index (χ4n) is 2.59. The minimum Gasteiger partial charge on any atom is -0.320 e. The molecule has 1 amide bonds. The van der Waals surface area contributed by atoms with Crippen molar-refractivity contribution in [3.05, 3.63) is 69.8 Å². The van der Waals surface area contributed by atoms with Crippen molar-refractivity contribution < 1.29 is 9.72 Å². The Morgan fingerprint density at radius 3 is 2.59 bits per heavy atom. The summed E-state index contributed by atoms with van der Waals surface area (Å²) < 4.78 is 2.78. The van der Waals surface area contributed by atoms with E-state index < -0.39 is 10.8 Å². The van der Waals surface area contributed by atoms with Gasteiger partial charge in [-0.3, -0.25) is 19.6 Å². The van der Waals surface area contributed by atoms with Gasteiger partial charge in [-0.05, 0) is 31.6 Å². The highest BCUT2D eigenvalue weighted by Gasteiger charge is 2.18. The number of aromatic nitrogens is 4. The Morgan fingerprint density at radius 1 is 1.22 bits per heavy atom. The molecule has 9 heteroatoms. The molecule has 1 aromatic carbocycles. The number of nitro groups is 1. The highest BCUT2D eigenvalue weighted by Crippen LogP contribution is 2.20. The minimum atomic E-state index is -0.562. The zero-order valence-corrected chi connectivity index (χ0v) is 15.1. The maximum Gasteiger partial charge on any atom is 0.307 e. The Morgan fingerprint density at radius 2 is 2.00 bits per heavy atom. The van der Waals surface area contributed by atoms with Gasteiger partial charge in [-0.15, -0.1) is 0 Å². The number of amides is 1. The predicted octanol–water partition coefficient (Wildman–Crippen LogP) is 2.78. The van der Waals surface area contributed by atoms with Crippen LogP contribution >= 0.6 is 0 Å². The molecule has 3 aromatic rings. The summed E-state index contributed by atoms with van der Waals surface area (Å²) in [5.74, 6) is -0.441. The summed E-state index contributed by atoms with van der Waals surface area (Å²) in [6, 6.07) is 5.67. The fraction of sp³-hybridized carbons (Fsp3) is 0.167. The number of aryl methyl sites for hydroxylation is 3. The van der Waals surface area contributed by atoms with Gasteiger partial charge in [0, 0.05) is 24.5 Å². The van der Waals surface area contributed by atoms with E-state index in [4.69, 9.17) is 0 Å². The van der Waals surface area contributed by atoms with Gasteiger partial charge in [-0.25, -0.2) is 4.68 Å². The van der Waals surface area contributed by atoms with Crippen LogP contribution in [0.15, 0.2) is 43.0 Å². The van der Waals surface area contributed by atoms with Crippen molar-refractivity contribution in [2.45, 2.75) is 13.8 Å². The summed E-state index contributed by atoms with van der Waals surface area (Å²) in [4.78, 5) is 23.3. The normalized spacial score (nSPS) is 11.4. The largest absolute Gasteiger partial charge is 0.320 e. The second kappa shape index (κ2) is 7.24. The minimum absolute atomic E-state index is 0.135. The smallest absolute Gasteiger partial charge is 0.307 e. The Balaban J connectivity index is 1.98. The van der Waals surface area contributed by atoms with Crippen LogP contribution in [0.25, 0.3) is 11.8 Å². The first-order chi connectivity index (χ1) is 12.8. The highest BCUT2D eigenvalue weighted by molar-refractivity contribution is 6.24. The van der Waals surface area contributed by atoms with Gasteiger partial charge in [-0.2, -0.15) is 10.2 Å². The van der Waals surface area contributed by atoms with Crippen molar-refractivity contribution in [1.82, 2.24) is 19.6 Å². The van der Waals surface area contributed by atoms with Gasteiger partial charge < -0.3 is 5.32 Å². The van der Waals surface area contributed by atoms with Crippen molar-refractivity contribution in [3.8, 4) is 0 Å². The van der Waals surface area contributed by atoms with Gasteiger partial charge in [0.2, 0.25) is 0 Å². The third-order valence-corrected chi connectivity index (χ3v) is 3.92. The van der Waals surface area contributed by atoms with Gasteiger partial charge in [0.15, 0.2) is 0 Å². The molecule has 0 saturated carbocycles. The van der Waals surface area contributed by atoms with E-state index in [0.29, 0.717) is 11.3 Å². The highest BCUT2D eigenvalue weighted by atomic mass is 16.6. The average Bonchev–Trinajstić information content (AvgIpc) is 3.24. The van der Waals surface area contributed by atoms with E-state index >= 15 is 0 Å². The maximum absolute atomic E-state index is 12.9. The molecule has 27 heavy (non-hydrogen) atoms. The van der Waals surface area contributed by atoms with Gasteiger partial charge in [-0.1, -0.05) is 17.7 Å². The molecule has 0 radical (unpaired) electrons. The van der Waals surface area contributed by atoms with Crippen molar-refractivity contribution in [3.63, 3.8) is 0 Å². The molecule has 0 aliphatic rings. The average molecular weight is 366 g/mol. The SMILES string of the molecule is Cc1ccc(NC(=O)/C(=C/c2cnn(C)c2)n2cc([N+](=O)[O-])cn2)c(C)c1. The lowest BCUT2D eigenvalue weighted by Crippen LogP contribution is -2.18. The number of nitrogens with one attached hydrogen (secondary N) is 1. The summed E-state index contributed by atoms with van der Waals surface area (Å²) in [6.07, 6.45) is 7.18. The van der Waals surface area contributed by atoms with Gasteiger partial charge in [0.05, 0.1) is 11.1 Å². The Labute approximate surface area is 155 Å². The second-order valence-electron chi connectivity index (χ2n) is 6.15. The number of benzene rings is 1. The molecule has 9 nitrogen and oxygen atoms in total. The number of carbonyl (C=O) groups excluding carboxylic acids is 1. The van der Waals surface area contributed by atoms with Crippen molar-refractivity contribution in [2.75, 3.05) is 5.32 Å². The lowest BCUT2D eigenvalue weighted by molar-refractivity contribution is -0.384. The molecule has 0 fully saturated rings. The van der Waals surface area contributed by atoms with E-state index in [0.717, 1.165) is 17.3 Å². The third-order valence-electron chi connectivity index (χ3n) is 3.92. The molecule has 0 spiro atoms.